The van der Waals surface area contributed by atoms with Gasteiger partial charge in [0.15, 0.2) is 6.23 Å². The third kappa shape index (κ3) is 2.98. The van der Waals surface area contributed by atoms with Crippen LogP contribution < -0.4 is 0 Å². The Morgan fingerprint density at radius 2 is 2.40 bits per heavy atom. The molecule has 20 heavy (non-hydrogen) atoms. The minimum absolute atomic E-state index is 0.0200. The molecule has 106 valence electrons. The molecule has 0 bridgehead atoms. The molecule has 5 heteroatoms. The van der Waals surface area contributed by atoms with E-state index in [9.17, 15) is 4.79 Å². The van der Waals surface area contributed by atoms with E-state index in [-0.39, 0.29) is 18.6 Å². The number of ether oxygens (including phenoxy) is 2. The van der Waals surface area contributed by atoms with Crippen LogP contribution in [0.4, 0.5) is 0 Å². The van der Waals surface area contributed by atoms with Gasteiger partial charge in [-0.3, -0.25) is 4.79 Å². The highest BCUT2D eigenvalue weighted by atomic mass is 16.5. The van der Waals surface area contributed by atoms with Crippen LogP contribution in [0.1, 0.15) is 30.7 Å². The minimum Gasteiger partial charge on any atom is -0.375 e. The van der Waals surface area contributed by atoms with Crippen LogP contribution in [0.15, 0.2) is 24.3 Å². The number of rotatable bonds is 4. The van der Waals surface area contributed by atoms with Gasteiger partial charge in [-0.05, 0) is 18.6 Å². The van der Waals surface area contributed by atoms with Gasteiger partial charge in [0.25, 0.3) is 5.91 Å². The minimum atomic E-state index is -0.434. The lowest BCUT2D eigenvalue weighted by Crippen LogP contribution is -2.34. The molecule has 0 N–H and O–H groups in total. The molecule has 2 unspecified atom stereocenters. The Hall–Kier alpha value is -1.90. The van der Waals surface area contributed by atoms with Gasteiger partial charge in [0.1, 0.15) is 6.61 Å². The maximum atomic E-state index is 12.1. The number of carbonyl (C=O) groups excluding carboxylic acids is 1. The van der Waals surface area contributed by atoms with E-state index in [1.165, 1.54) is 7.11 Å². The standard InChI is InChI=1S/C15H18N2O3/c1-3-13-9-17(14(18)10-19-2)15(20-13)12-6-4-5-11(7-12)8-16/h4-7,13,15H,3,9-10H2,1-2H3. The molecule has 2 rings (SSSR count). The average molecular weight is 274 g/mol. The average Bonchev–Trinajstić information content (AvgIpc) is 2.92. The molecule has 1 saturated heterocycles. The zero-order valence-corrected chi connectivity index (χ0v) is 11.7. The first kappa shape index (κ1) is 14.5. The molecule has 1 amide bonds. The summed E-state index contributed by atoms with van der Waals surface area (Å²) in [7, 11) is 1.50. The Morgan fingerprint density at radius 3 is 3.05 bits per heavy atom. The monoisotopic (exact) mass is 274 g/mol. The fourth-order valence-corrected chi connectivity index (χ4v) is 2.30. The Morgan fingerprint density at radius 1 is 1.60 bits per heavy atom. The van der Waals surface area contributed by atoms with Crippen LogP contribution in [0, 0.1) is 11.3 Å². The molecular weight excluding hydrogens is 256 g/mol. The lowest BCUT2D eigenvalue weighted by Gasteiger charge is -2.23. The van der Waals surface area contributed by atoms with Gasteiger partial charge in [0.05, 0.1) is 17.7 Å². The van der Waals surface area contributed by atoms with Crippen molar-refractivity contribution in [2.45, 2.75) is 25.7 Å². The molecule has 1 aliphatic rings. The first-order valence-corrected chi connectivity index (χ1v) is 6.63. The van der Waals surface area contributed by atoms with E-state index in [4.69, 9.17) is 14.7 Å². The van der Waals surface area contributed by atoms with E-state index in [1.54, 1.807) is 23.1 Å². The quantitative estimate of drug-likeness (QED) is 0.840. The highest BCUT2D eigenvalue weighted by Crippen LogP contribution is 2.31. The molecule has 1 aromatic rings. The molecule has 1 aromatic carbocycles. The van der Waals surface area contributed by atoms with Crippen LogP contribution in [0.25, 0.3) is 0 Å². The van der Waals surface area contributed by atoms with E-state index in [2.05, 4.69) is 6.07 Å². The van der Waals surface area contributed by atoms with E-state index in [0.717, 1.165) is 12.0 Å². The third-order valence-corrected chi connectivity index (χ3v) is 3.35. The van der Waals surface area contributed by atoms with Gasteiger partial charge in [-0.15, -0.1) is 0 Å². The van der Waals surface area contributed by atoms with Gasteiger partial charge in [-0.25, -0.2) is 0 Å². The molecular formula is C15H18N2O3. The second kappa shape index (κ2) is 6.51. The number of amides is 1. The summed E-state index contributed by atoms with van der Waals surface area (Å²) < 4.78 is 10.8. The number of methoxy groups -OCH3 is 1. The van der Waals surface area contributed by atoms with Crippen molar-refractivity contribution in [2.75, 3.05) is 20.3 Å². The number of nitriles is 1. The zero-order valence-electron chi connectivity index (χ0n) is 11.7. The predicted molar refractivity (Wildman–Crippen MR) is 72.7 cm³/mol. The zero-order chi connectivity index (χ0) is 14.5. The van der Waals surface area contributed by atoms with Gasteiger partial charge < -0.3 is 14.4 Å². The fourth-order valence-electron chi connectivity index (χ4n) is 2.30. The molecule has 0 saturated carbocycles. The van der Waals surface area contributed by atoms with Crippen LogP contribution in [-0.4, -0.2) is 37.2 Å². The van der Waals surface area contributed by atoms with Gasteiger partial charge in [-0.1, -0.05) is 19.1 Å². The number of hydrogen-bond donors (Lipinski definition) is 0. The van der Waals surface area contributed by atoms with Crippen LogP contribution in [0.5, 0.6) is 0 Å². The summed E-state index contributed by atoms with van der Waals surface area (Å²) in [6.45, 7) is 2.62. The maximum absolute atomic E-state index is 12.1. The second-order valence-corrected chi connectivity index (χ2v) is 4.74. The first-order valence-electron chi connectivity index (χ1n) is 6.63. The topological polar surface area (TPSA) is 62.6 Å². The van der Waals surface area contributed by atoms with Crippen molar-refractivity contribution in [1.82, 2.24) is 4.90 Å². The normalized spacial score (nSPS) is 21.8. The van der Waals surface area contributed by atoms with Crippen LogP contribution in [0.3, 0.4) is 0 Å². The summed E-state index contributed by atoms with van der Waals surface area (Å²) in [6.07, 6.45) is 0.424. The first-order chi connectivity index (χ1) is 9.69. The van der Waals surface area contributed by atoms with E-state index >= 15 is 0 Å². The molecule has 1 aliphatic heterocycles. The second-order valence-electron chi connectivity index (χ2n) is 4.74. The van der Waals surface area contributed by atoms with Crippen molar-refractivity contribution in [3.05, 3.63) is 35.4 Å². The smallest absolute Gasteiger partial charge is 0.250 e. The summed E-state index contributed by atoms with van der Waals surface area (Å²) in [5, 5.41) is 8.97. The third-order valence-electron chi connectivity index (χ3n) is 3.35. The molecule has 1 heterocycles. The molecule has 0 aromatic heterocycles. The molecule has 0 spiro atoms. The molecule has 2 atom stereocenters. The van der Waals surface area contributed by atoms with Crippen molar-refractivity contribution in [3.63, 3.8) is 0 Å². The van der Waals surface area contributed by atoms with Gasteiger partial charge in [0.2, 0.25) is 0 Å². The Labute approximate surface area is 118 Å². The van der Waals surface area contributed by atoms with Crippen molar-refractivity contribution in [3.8, 4) is 6.07 Å². The van der Waals surface area contributed by atoms with Crippen molar-refractivity contribution in [1.29, 1.82) is 5.26 Å². The number of nitrogens with zero attached hydrogens (tertiary/aromatic N) is 2. The highest BCUT2D eigenvalue weighted by molar-refractivity contribution is 5.78. The van der Waals surface area contributed by atoms with Crippen molar-refractivity contribution >= 4 is 5.91 Å². The SMILES string of the molecule is CCC1CN(C(=O)COC)C(c2cccc(C#N)c2)O1. The van der Waals surface area contributed by atoms with Crippen molar-refractivity contribution < 1.29 is 14.3 Å². The van der Waals surface area contributed by atoms with Gasteiger partial charge in [-0.2, -0.15) is 5.26 Å². The van der Waals surface area contributed by atoms with Gasteiger partial charge in [0, 0.05) is 19.2 Å². The molecule has 0 radical (unpaired) electrons. The van der Waals surface area contributed by atoms with Gasteiger partial charge >= 0.3 is 0 Å². The number of carbonyl (C=O) groups is 1. The summed E-state index contributed by atoms with van der Waals surface area (Å²) in [6, 6.07) is 9.27. The lowest BCUT2D eigenvalue weighted by molar-refractivity contribution is -0.140. The number of hydrogen-bond acceptors (Lipinski definition) is 4. The van der Waals surface area contributed by atoms with Crippen LogP contribution in [0.2, 0.25) is 0 Å². The van der Waals surface area contributed by atoms with Crippen LogP contribution >= 0.6 is 0 Å². The molecule has 5 nitrogen and oxygen atoms in total. The summed E-state index contributed by atoms with van der Waals surface area (Å²) in [5.74, 6) is -0.101. The largest absolute Gasteiger partial charge is 0.375 e. The maximum Gasteiger partial charge on any atom is 0.250 e. The lowest BCUT2D eigenvalue weighted by atomic mass is 10.1. The van der Waals surface area contributed by atoms with Crippen LogP contribution in [-0.2, 0) is 14.3 Å². The van der Waals surface area contributed by atoms with E-state index in [0.29, 0.717) is 12.1 Å². The fraction of sp³-hybridized carbons (Fsp3) is 0.467. The Bertz CT molecular complexity index is 524. The number of benzene rings is 1. The van der Waals surface area contributed by atoms with E-state index in [1.807, 2.05) is 13.0 Å². The summed E-state index contributed by atoms with van der Waals surface area (Å²) in [5.41, 5.74) is 1.38. The summed E-state index contributed by atoms with van der Waals surface area (Å²) in [4.78, 5) is 13.8. The predicted octanol–water partition coefficient (Wildman–Crippen LogP) is 1.84. The molecule has 1 fully saturated rings. The Kier molecular flexibility index (Phi) is 4.72. The Balaban J connectivity index is 2.26. The van der Waals surface area contributed by atoms with E-state index < -0.39 is 6.23 Å². The molecule has 0 aliphatic carbocycles. The summed E-state index contributed by atoms with van der Waals surface area (Å²) >= 11 is 0. The van der Waals surface area contributed by atoms with Crippen molar-refractivity contribution in [2.24, 2.45) is 0 Å². The highest BCUT2D eigenvalue weighted by Gasteiger charge is 2.36.